The standard InChI is InChI=1S/C16H20N2O2/c1-12-8-9-15(18(12)2)16(20)17-14(11-19)10-13-6-4-3-5-7-13/h3-9,14,19H,10-11H2,1-2H3,(H,17,20)/t14-/m0/s1. The lowest BCUT2D eigenvalue weighted by atomic mass is 10.1. The normalized spacial score (nSPS) is 12.2. The van der Waals surface area contributed by atoms with E-state index in [9.17, 15) is 9.90 Å². The lowest BCUT2D eigenvalue weighted by Gasteiger charge is -2.17. The second-order valence-corrected chi connectivity index (χ2v) is 4.96. The predicted octanol–water partition coefficient (Wildman–Crippen LogP) is 1.67. The Morgan fingerprint density at radius 2 is 1.95 bits per heavy atom. The van der Waals surface area contributed by atoms with Crippen LogP contribution in [0.1, 0.15) is 21.7 Å². The summed E-state index contributed by atoms with van der Waals surface area (Å²) >= 11 is 0. The van der Waals surface area contributed by atoms with Crippen LogP contribution >= 0.6 is 0 Å². The minimum absolute atomic E-state index is 0.0793. The maximum Gasteiger partial charge on any atom is 0.268 e. The summed E-state index contributed by atoms with van der Waals surface area (Å²) in [6.45, 7) is 1.87. The Morgan fingerprint density at radius 3 is 2.50 bits per heavy atom. The zero-order valence-corrected chi connectivity index (χ0v) is 11.8. The SMILES string of the molecule is Cc1ccc(C(=O)N[C@H](CO)Cc2ccccc2)n1C. The Hall–Kier alpha value is -2.07. The maximum atomic E-state index is 12.2. The first-order chi connectivity index (χ1) is 9.61. The molecule has 0 aliphatic carbocycles. The maximum absolute atomic E-state index is 12.2. The highest BCUT2D eigenvalue weighted by atomic mass is 16.3. The van der Waals surface area contributed by atoms with Crippen LogP contribution in [0.15, 0.2) is 42.5 Å². The van der Waals surface area contributed by atoms with Crippen molar-refractivity contribution in [1.82, 2.24) is 9.88 Å². The van der Waals surface area contributed by atoms with Gasteiger partial charge in [-0.2, -0.15) is 0 Å². The van der Waals surface area contributed by atoms with Gasteiger partial charge < -0.3 is 15.0 Å². The number of aliphatic hydroxyl groups excluding tert-OH is 1. The molecule has 0 aliphatic heterocycles. The summed E-state index contributed by atoms with van der Waals surface area (Å²) in [4.78, 5) is 12.2. The molecule has 1 heterocycles. The Morgan fingerprint density at radius 1 is 1.25 bits per heavy atom. The van der Waals surface area contributed by atoms with E-state index in [-0.39, 0.29) is 18.6 Å². The second kappa shape index (κ2) is 6.39. The van der Waals surface area contributed by atoms with Gasteiger partial charge in [-0.15, -0.1) is 0 Å². The van der Waals surface area contributed by atoms with Crippen LogP contribution in [0.4, 0.5) is 0 Å². The molecule has 0 saturated carbocycles. The molecule has 2 rings (SSSR count). The summed E-state index contributed by atoms with van der Waals surface area (Å²) in [5.74, 6) is -0.157. The third kappa shape index (κ3) is 3.27. The van der Waals surface area contributed by atoms with E-state index in [4.69, 9.17) is 0 Å². The molecule has 4 heteroatoms. The molecule has 1 aromatic heterocycles. The molecule has 1 amide bonds. The van der Waals surface area contributed by atoms with Crippen LogP contribution in [0.3, 0.4) is 0 Å². The number of hydrogen-bond acceptors (Lipinski definition) is 2. The third-order valence-electron chi connectivity index (χ3n) is 3.49. The summed E-state index contributed by atoms with van der Waals surface area (Å²) in [5, 5.41) is 12.3. The molecule has 1 atom stereocenters. The van der Waals surface area contributed by atoms with Crippen LogP contribution in [-0.4, -0.2) is 28.2 Å². The minimum Gasteiger partial charge on any atom is -0.394 e. The van der Waals surface area contributed by atoms with Crippen LogP contribution < -0.4 is 5.32 Å². The fraction of sp³-hybridized carbons (Fsp3) is 0.312. The Bertz CT molecular complexity index is 575. The number of aromatic nitrogens is 1. The highest BCUT2D eigenvalue weighted by molar-refractivity contribution is 5.93. The smallest absolute Gasteiger partial charge is 0.268 e. The average Bonchev–Trinajstić information content (AvgIpc) is 2.79. The first-order valence-electron chi connectivity index (χ1n) is 6.69. The molecule has 2 aromatic rings. The fourth-order valence-electron chi connectivity index (χ4n) is 2.16. The summed E-state index contributed by atoms with van der Waals surface area (Å²) < 4.78 is 1.84. The first-order valence-corrected chi connectivity index (χ1v) is 6.69. The minimum atomic E-state index is -0.278. The number of hydrogen-bond donors (Lipinski definition) is 2. The van der Waals surface area contributed by atoms with Gasteiger partial charge in [-0.1, -0.05) is 30.3 Å². The molecule has 106 valence electrons. The Labute approximate surface area is 119 Å². The van der Waals surface area contributed by atoms with E-state index >= 15 is 0 Å². The number of carbonyl (C=O) groups excluding carboxylic acids is 1. The molecule has 0 unspecified atom stereocenters. The number of rotatable bonds is 5. The van der Waals surface area contributed by atoms with Crippen molar-refractivity contribution >= 4 is 5.91 Å². The van der Waals surface area contributed by atoms with Crippen molar-refractivity contribution in [3.05, 3.63) is 59.4 Å². The quantitative estimate of drug-likeness (QED) is 0.870. The summed E-state index contributed by atoms with van der Waals surface area (Å²) in [6.07, 6.45) is 0.618. The van der Waals surface area contributed by atoms with E-state index in [1.165, 1.54) is 0 Å². The molecule has 1 aromatic carbocycles. The number of aliphatic hydroxyl groups is 1. The summed E-state index contributed by atoms with van der Waals surface area (Å²) in [6, 6.07) is 13.2. The monoisotopic (exact) mass is 272 g/mol. The van der Waals surface area contributed by atoms with Gasteiger partial charge in [0.1, 0.15) is 5.69 Å². The van der Waals surface area contributed by atoms with Gasteiger partial charge in [0, 0.05) is 12.7 Å². The molecule has 0 radical (unpaired) electrons. The van der Waals surface area contributed by atoms with Crippen LogP contribution in [0.5, 0.6) is 0 Å². The average molecular weight is 272 g/mol. The van der Waals surface area contributed by atoms with Crippen molar-refractivity contribution in [1.29, 1.82) is 0 Å². The number of amides is 1. The lowest BCUT2D eigenvalue weighted by molar-refractivity contribution is 0.0908. The van der Waals surface area contributed by atoms with Crippen LogP contribution in [-0.2, 0) is 13.5 Å². The molecule has 4 nitrogen and oxygen atoms in total. The van der Waals surface area contributed by atoms with E-state index in [1.54, 1.807) is 6.07 Å². The van der Waals surface area contributed by atoms with Crippen molar-refractivity contribution in [3.63, 3.8) is 0 Å². The van der Waals surface area contributed by atoms with Crippen LogP contribution in [0.2, 0.25) is 0 Å². The third-order valence-corrected chi connectivity index (χ3v) is 3.49. The van der Waals surface area contributed by atoms with E-state index in [0.717, 1.165) is 11.3 Å². The van der Waals surface area contributed by atoms with Crippen LogP contribution in [0.25, 0.3) is 0 Å². The van der Waals surface area contributed by atoms with Crippen molar-refractivity contribution in [2.24, 2.45) is 7.05 Å². The molecule has 0 saturated heterocycles. The molecule has 0 aliphatic rings. The molecular formula is C16H20N2O2. The van der Waals surface area contributed by atoms with Crippen LogP contribution in [0, 0.1) is 6.92 Å². The number of benzene rings is 1. The van der Waals surface area contributed by atoms with Crippen molar-refractivity contribution in [2.45, 2.75) is 19.4 Å². The number of nitrogens with one attached hydrogen (secondary N) is 1. The van der Waals surface area contributed by atoms with Gasteiger partial charge in [-0.3, -0.25) is 4.79 Å². The van der Waals surface area contributed by atoms with Gasteiger partial charge in [-0.25, -0.2) is 0 Å². The van der Waals surface area contributed by atoms with E-state index in [2.05, 4.69) is 5.32 Å². The van der Waals surface area contributed by atoms with Gasteiger partial charge in [0.05, 0.1) is 12.6 Å². The lowest BCUT2D eigenvalue weighted by Crippen LogP contribution is -2.39. The van der Waals surface area contributed by atoms with E-state index in [1.807, 2.05) is 54.9 Å². The summed E-state index contributed by atoms with van der Waals surface area (Å²) in [5.41, 5.74) is 2.72. The number of carbonyl (C=O) groups is 1. The molecule has 0 fully saturated rings. The second-order valence-electron chi connectivity index (χ2n) is 4.96. The fourth-order valence-corrected chi connectivity index (χ4v) is 2.16. The van der Waals surface area contributed by atoms with Gasteiger partial charge >= 0.3 is 0 Å². The Kier molecular flexibility index (Phi) is 4.58. The topological polar surface area (TPSA) is 54.3 Å². The number of nitrogens with zero attached hydrogens (tertiary/aromatic N) is 1. The van der Waals surface area contributed by atoms with Gasteiger partial charge in [0.25, 0.3) is 5.91 Å². The molecule has 20 heavy (non-hydrogen) atoms. The zero-order valence-electron chi connectivity index (χ0n) is 11.8. The van der Waals surface area contributed by atoms with E-state index < -0.39 is 0 Å². The molecule has 0 bridgehead atoms. The largest absolute Gasteiger partial charge is 0.394 e. The summed E-state index contributed by atoms with van der Waals surface area (Å²) in [7, 11) is 1.86. The number of aryl methyl sites for hydroxylation is 1. The van der Waals surface area contributed by atoms with Crippen molar-refractivity contribution in [2.75, 3.05) is 6.61 Å². The van der Waals surface area contributed by atoms with Gasteiger partial charge in [0.2, 0.25) is 0 Å². The van der Waals surface area contributed by atoms with E-state index in [0.29, 0.717) is 12.1 Å². The molecule has 2 N–H and O–H groups in total. The molecular weight excluding hydrogens is 252 g/mol. The molecule has 0 spiro atoms. The zero-order chi connectivity index (χ0) is 14.5. The highest BCUT2D eigenvalue weighted by Crippen LogP contribution is 2.07. The van der Waals surface area contributed by atoms with Crippen molar-refractivity contribution < 1.29 is 9.90 Å². The van der Waals surface area contributed by atoms with Gasteiger partial charge in [-0.05, 0) is 31.0 Å². The predicted molar refractivity (Wildman–Crippen MR) is 78.6 cm³/mol. The first kappa shape index (κ1) is 14.3. The van der Waals surface area contributed by atoms with Crippen molar-refractivity contribution in [3.8, 4) is 0 Å². The Balaban J connectivity index is 2.03. The highest BCUT2D eigenvalue weighted by Gasteiger charge is 2.16. The van der Waals surface area contributed by atoms with Gasteiger partial charge in [0.15, 0.2) is 0 Å².